The highest BCUT2D eigenvalue weighted by atomic mass is 79.9. The van der Waals surface area contributed by atoms with Gasteiger partial charge in [-0.25, -0.2) is 0 Å². The highest BCUT2D eigenvalue weighted by Gasteiger charge is 2.04. The van der Waals surface area contributed by atoms with Gasteiger partial charge >= 0.3 is 0 Å². The van der Waals surface area contributed by atoms with Crippen molar-refractivity contribution in [3.05, 3.63) is 44.9 Å². The fourth-order valence-corrected chi connectivity index (χ4v) is 1.33. The molecule has 0 amide bonds. The van der Waals surface area contributed by atoms with Gasteiger partial charge in [-0.05, 0) is 38.6 Å². The predicted octanol–water partition coefficient (Wildman–Crippen LogP) is 3.68. The molecule has 0 N–H and O–H groups in total. The maximum absolute atomic E-state index is 10.3. The number of nitro benzene ring substituents is 1. The third-order valence-corrected chi connectivity index (χ3v) is 3.21. The van der Waals surface area contributed by atoms with Crippen molar-refractivity contribution in [2.24, 2.45) is 0 Å². The maximum atomic E-state index is 10.3. The van der Waals surface area contributed by atoms with E-state index < -0.39 is 4.92 Å². The average Bonchev–Trinajstić information content (AvgIpc) is 2.17. The lowest BCUT2D eigenvalue weighted by Crippen LogP contribution is -1.87. The normalized spacial score (nSPS) is 11.4. The molecule has 0 aliphatic rings. The third kappa shape index (κ3) is 2.63. The first kappa shape index (κ1) is 10.4. The summed E-state index contributed by atoms with van der Waals surface area (Å²) in [6, 6.07) is 6.29. The lowest BCUT2D eigenvalue weighted by molar-refractivity contribution is -0.384. The van der Waals surface area contributed by atoms with Crippen molar-refractivity contribution in [2.45, 2.75) is 0 Å². The highest BCUT2D eigenvalue weighted by Crippen LogP contribution is 2.24. The molecule has 3 nitrogen and oxygen atoms in total. The number of rotatable bonds is 2. The van der Waals surface area contributed by atoms with Crippen LogP contribution >= 0.6 is 31.9 Å². The van der Waals surface area contributed by atoms with Crippen molar-refractivity contribution in [3.8, 4) is 0 Å². The Kier molecular flexibility index (Phi) is 3.62. The van der Waals surface area contributed by atoms with Crippen molar-refractivity contribution in [3.63, 3.8) is 0 Å². The summed E-state index contributed by atoms with van der Waals surface area (Å²) in [5, 5.41) is 10.3. The summed E-state index contributed by atoms with van der Waals surface area (Å²) >= 11 is 6.45. The van der Waals surface area contributed by atoms with E-state index in [1.807, 2.05) is 0 Å². The molecule has 0 aliphatic carbocycles. The summed E-state index contributed by atoms with van der Waals surface area (Å²) in [5.74, 6) is 0. The number of halogens is 2. The van der Waals surface area contributed by atoms with Crippen LogP contribution in [0.1, 0.15) is 5.56 Å². The Morgan fingerprint density at radius 1 is 1.38 bits per heavy atom. The summed E-state index contributed by atoms with van der Waals surface area (Å²) in [6.07, 6.45) is 0. The van der Waals surface area contributed by atoms with E-state index in [9.17, 15) is 10.1 Å². The average molecular weight is 307 g/mol. The van der Waals surface area contributed by atoms with Gasteiger partial charge in [0.1, 0.15) is 0 Å². The molecule has 1 rings (SSSR count). The smallest absolute Gasteiger partial charge is 0.258 e. The SMILES string of the molecule is O=[N+]([O-])c1ccc(C(Br)=CBr)cc1. The lowest BCUT2D eigenvalue weighted by Gasteiger charge is -1.96. The fraction of sp³-hybridized carbons (Fsp3) is 0. The molecule has 0 radical (unpaired) electrons. The molecule has 0 fully saturated rings. The van der Waals surface area contributed by atoms with Gasteiger partial charge < -0.3 is 0 Å². The monoisotopic (exact) mass is 305 g/mol. The second-order valence-corrected chi connectivity index (χ2v) is 3.57. The molecule has 68 valence electrons. The molecule has 0 heterocycles. The van der Waals surface area contributed by atoms with Gasteiger partial charge in [0.25, 0.3) is 5.69 Å². The van der Waals surface area contributed by atoms with Crippen LogP contribution in [0.4, 0.5) is 5.69 Å². The highest BCUT2D eigenvalue weighted by molar-refractivity contribution is 9.16. The zero-order chi connectivity index (χ0) is 9.84. The van der Waals surface area contributed by atoms with Gasteiger partial charge in [0, 0.05) is 16.6 Å². The van der Waals surface area contributed by atoms with Crippen LogP contribution in [0.25, 0.3) is 4.48 Å². The summed E-state index contributed by atoms with van der Waals surface area (Å²) in [4.78, 5) is 11.6. The Labute approximate surface area is 91.9 Å². The lowest BCUT2D eigenvalue weighted by atomic mass is 10.2. The van der Waals surface area contributed by atoms with Crippen LogP contribution in [0.2, 0.25) is 0 Å². The molecular weight excluding hydrogens is 302 g/mol. The number of benzene rings is 1. The van der Waals surface area contributed by atoms with Crippen LogP contribution in [0, 0.1) is 10.1 Å². The van der Waals surface area contributed by atoms with Crippen molar-refractivity contribution in [2.75, 3.05) is 0 Å². The van der Waals surface area contributed by atoms with Crippen LogP contribution < -0.4 is 0 Å². The molecule has 0 saturated heterocycles. The molecule has 0 aliphatic heterocycles. The van der Waals surface area contributed by atoms with E-state index in [4.69, 9.17) is 0 Å². The molecule has 0 atom stereocenters. The first-order valence-electron chi connectivity index (χ1n) is 3.36. The number of non-ortho nitro benzene ring substituents is 1. The molecule has 5 heteroatoms. The second-order valence-electron chi connectivity index (χ2n) is 2.26. The van der Waals surface area contributed by atoms with Crippen molar-refractivity contribution < 1.29 is 4.92 Å². The van der Waals surface area contributed by atoms with Gasteiger partial charge in [0.15, 0.2) is 0 Å². The van der Waals surface area contributed by atoms with Crippen LogP contribution in [0.5, 0.6) is 0 Å². The number of nitrogens with zero attached hydrogens (tertiary/aromatic N) is 1. The first-order valence-corrected chi connectivity index (χ1v) is 5.06. The van der Waals surface area contributed by atoms with Crippen molar-refractivity contribution in [1.29, 1.82) is 0 Å². The topological polar surface area (TPSA) is 43.1 Å². The summed E-state index contributed by atoms with van der Waals surface area (Å²) in [7, 11) is 0. The number of hydrogen-bond acceptors (Lipinski definition) is 2. The van der Waals surface area contributed by atoms with Gasteiger partial charge in [0.05, 0.1) is 4.92 Å². The van der Waals surface area contributed by atoms with E-state index in [0.29, 0.717) is 0 Å². The Morgan fingerprint density at radius 2 is 1.92 bits per heavy atom. The van der Waals surface area contributed by atoms with Crippen LogP contribution in [-0.4, -0.2) is 4.92 Å². The molecule has 0 spiro atoms. The van der Waals surface area contributed by atoms with Gasteiger partial charge in [-0.1, -0.05) is 15.9 Å². The first-order chi connectivity index (χ1) is 6.15. The van der Waals surface area contributed by atoms with E-state index in [2.05, 4.69) is 31.9 Å². The van der Waals surface area contributed by atoms with Crippen LogP contribution in [-0.2, 0) is 0 Å². The summed E-state index contributed by atoms with van der Waals surface area (Å²) < 4.78 is 0.849. The fourth-order valence-electron chi connectivity index (χ4n) is 0.805. The van der Waals surface area contributed by atoms with Crippen molar-refractivity contribution in [1.82, 2.24) is 0 Å². The van der Waals surface area contributed by atoms with E-state index in [0.717, 1.165) is 10.0 Å². The van der Waals surface area contributed by atoms with E-state index in [1.165, 1.54) is 12.1 Å². The minimum atomic E-state index is -0.421. The zero-order valence-corrected chi connectivity index (χ0v) is 9.58. The quantitative estimate of drug-likeness (QED) is 0.618. The number of nitro groups is 1. The van der Waals surface area contributed by atoms with Gasteiger partial charge in [0.2, 0.25) is 0 Å². The predicted molar refractivity (Wildman–Crippen MR) is 58.9 cm³/mol. The summed E-state index contributed by atoms with van der Waals surface area (Å²) in [6.45, 7) is 0. The molecule has 13 heavy (non-hydrogen) atoms. The van der Waals surface area contributed by atoms with E-state index in [-0.39, 0.29) is 5.69 Å². The minimum Gasteiger partial charge on any atom is -0.258 e. The standard InChI is InChI=1S/C8H5Br2NO2/c9-5-8(10)6-1-3-7(4-2-6)11(12)13/h1-5H. The maximum Gasteiger partial charge on any atom is 0.269 e. The molecule has 0 saturated carbocycles. The molecule has 1 aromatic carbocycles. The second kappa shape index (κ2) is 4.53. The molecular formula is C8H5Br2NO2. The molecule has 0 aromatic heterocycles. The Balaban J connectivity index is 3.00. The van der Waals surface area contributed by atoms with Crippen molar-refractivity contribution >= 4 is 42.0 Å². The van der Waals surface area contributed by atoms with Gasteiger partial charge in [-0.15, -0.1) is 0 Å². The number of hydrogen-bond donors (Lipinski definition) is 0. The largest absolute Gasteiger partial charge is 0.269 e. The Morgan fingerprint density at radius 3 is 2.31 bits per heavy atom. The van der Waals surface area contributed by atoms with Gasteiger partial charge in [-0.2, -0.15) is 0 Å². The Hall–Kier alpha value is -0.680. The molecule has 0 unspecified atom stereocenters. The van der Waals surface area contributed by atoms with Crippen LogP contribution in [0.15, 0.2) is 29.3 Å². The Bertz CT molecular complexity index is 346. The van der Waals surface area contributed by atoms with Crippen LogP contribution in [0.3, 0.4) is 0 Å². The molecule has 0 bridgehead atoms. The summed E-state index contributed by atoms with van der Waals surface area (Å²) in [5.41, 5.74) is 0.987. The third-order valence-electron chi connectivity index (χ3n) is 1.45. The minimum absolute atomic E-state index is 0.0959. The van der Waals surface area contributed by atoms with E-state index in [1.54, 1.807) is 17.1 Å². The van der Waals surface area contributed by atoms with E-state index >= 15 is 0 Å². The molecule has 1 aromatic rings. The zero-order valence-electron chi connectivity index (χ0n) is 6.41. The van der Waals surface area contributed by atoms with Gasteiger partial charge in [-0.3, -0.25) is 10.1 Å².